The van der Waals surface area contributed by atoms with Crippen LogP contribution in [0.25, 0.3) is 10.9 Å². The number of nitrogens with two attached hydrogens (primary N) is 1. The number of nitrogen functional groups attached to an aromatic ring is 1. The van der Waals surface area contributed by atoms with Gasteiger partial charge in [-0.25, -0.2) is 4.39 Å². The van der Waals surface area contributed by atoms with Gasteiger partial charge in [0.25, 0.3) is 0 Å². The van der Waals surface area contributed by atoms with E-state index in [1.54, 1.807) is 44.2 Å². The van der Waals surface area contributed by atoms with Crippen molar-refractivity contribution in [3.8, 4) is 11.8 Å². The van der Waals surface area contributed by atoms with E-state index in [1.807, 2.05) is 0 Å². The summed E-state index contributed by atoms with van der Waals surface area (Å²) in [6.07, 6.45) is -0.991. The number of aliphatic hydroxyl groups is 1. The normalized spacial score (nSPS) is 21.0. The van der Waals surface area contributed by atoms with Gasteiger partial charge in [-0.2, -0.15) is 10.4 Å². The fourth-order valence-electron chi connectivity index (χ4n) is 3.49. The first-order chi connectivity index (χ1) is 12.3. The Morgan fingerprint density at radius 3 is 2.85 bits per heavy atom. The van der Waals surface area contributed by atoms with Crippen LogP contribution in [0.5, 0.6) is 5.75 Å². The Morgan fingerprint density at radius 2 is 2.12 bits per heavy atom. The fraction of sp³-hybridized carbons (Fsp3) is 0.263. The highest BCUT2D eigenvalue weighted by atomic mass is 19.1. The van der Waals surface area contributed by atoms with Crippen molar-refractivity contribution >= 4 is 16.7 Å². The summed E-state index contributed by atoms with van der Waals surface area (Å²) in [7, 11) is 0. The lowest BCUT2D eigenvalue weighted by atomic mass is 9.86. The SMILES string of the molecule is CC1(C)Oc2ccc(C#N)cc2[C@@H](n2nc(N)c3c(F)cccc32)[C@@H]1O. The van der Waals surface area contributed by atoms with Gasteiger partial charge < -0.3 is 15.6 Å². The molecule has 26 heavy (non-hydrogen) atoms. The standard InChI is InChI=1S/C19H17FN4O2/c1-19(2)17(25)16(11-8-10(9-21)6-7-14(11)26-19)24-13-5-3-4-12(20)15(13)18(22)23-24/h3-8,16-17,25H,1-2H3,(H2,22,23)/t16-,17+/m1/s1. The van der Waals surface area contributed by atoms with Crippen LogP contribution >= 0.6 is 0 Å². The molecular formula is C19H17FN4O2. The Balaban J connectivity index is 2.02. The Labute approximate surface area is 149 Å². The van der Waals surface area contributed by atoms with Gasteiger partial charge in [0, 0.05) is 5.56 Å². The molecule has 3 N–H and O–H groups in total. The van der Waals surface area contributed by atoms with Gasteiger partial charge in [0.1, 0.15) is 29.3 Å². The average Bonchev–Trinajstić information content (AvgIpc) is 2.93. The highest BCUT2D eigenvalue weighted by molar-refractivity contribution is 5.90. The van der Waals surface area contributed by atoms with Crippen molar-refractivity contribution in [1.29, 1.82) is 5.26 Å². The maximum Gasteiger partial charge on any atom is 0.156 e. The lowest BCUT2D eigenvalue weighted by Crippen LogP contribution is -2.50. The highest BCUT2D eigenvalue weighted by Gasteiger charge is 2.45. The number of nitrogens with zero attached hydrogens (tertiary/aromatic N) is 3. The first kappa shape index (κ1) is 16.4. The third kappa shape index (κ3) is 2.23. The number of benzene rings is 2. The number of aromatic nitrogens is 2. The summed E-state index contributed by atoms with van der Waals surface area (Å²) in [4.78, 5) is 0. The van der Waals surface area contributed by atoms with Crippen molar-refractivity contribution in [2.24, 2.45) is 0 Å². The number of fused-ring (bicyclic) bond motifs is 2. The minimum Gasteiger partial charge on any atom is -0.485 e. The molecule has 1 aliphatic heterocycles. The zero-order valence-corrected chi connectivity index (χ0v) is 14.3. The molecule has 132 valence electrons. The lowest BCUT2D eigenvalue weighted by molar-refractivity contribution is -0.0649. The van der Waals surface area contributed by atoms with Crippen LogP contribution in [0.15, 0.2) is 36.4 Å². The summed E-state index contributed by atoms with van der Waals surface area (Å²) in [6, 6.07) is 11.0. The predicted octanol–water partition coefficient (Wildman–Crippen LogP) is 2.75. The van der Waals surface area contributed by atoms with E-state index in [0.717, 1.165) is 0 Å². The molecule has 2 atom stereocenters. The fourth-order valence-corrected chi connectivity index (χ4v) is 3.49. The number of aliphatic hydroxyl groups excluding tert-OH is 1. The lowest BCUT2D eigenvalue weighted by Gasteiger charge is -2.42. The van der Waals surface area contributed by atoms with E-state index in [4.69, 9.17) is 10.5 Å². The van der Waals surface area contributed by atoms with Gasteiger partial charge >= 0.3 is 0 Å². The average molecular weight is 352 g/mol. The maximum atomic E-state index is 14.2. The zero-order valence-electron chi connectivity index (χ0n) is 14.3. The molecule has 0 aliphatic carbocycles. The molecular weight excluding hydrogens is 335 g/mol. The smallest absolute Gasteiger partial charge is 0.156 e. The third-order valence-electron chi connectivity index (χ3n) is 4.82. The van der Waals surface area contributed by atoms with Gasteiger partial charge in [-0.15, -0.1) is 0 Å². The van der Waals surface area contributed by atoms with Crippen molar-refractivity contribution in [3.05, 3.63) is 53.3 Å². The van der Waals surface area contributed by atoms with Gasteiger partial charge in [-0.3, -0.25) is 4.68 Å². The van der Waals surface area contributed by atoms with Crippen molar-refractivity contribution in [3.63, 3.8) is 0 Å². The second-order valence-electron chi connectivity index (χ2n) is 6.92. The second kappa shape index (κ2) is 5.44. The largest absolute Gasteiger partial charge is 0.485 e. The zero-order chi connectivity index (χ0) is 18.6. The van der Waals surface area contributed by atoms with Gasteiger partial charge in [-0.05, 0) is 44.2 Å². The molecule has 2 heterocycles. The van der Waals surface area contributed by atoms with E-state index >= 15 is 0 Å². The van der Waals surface area contributed by atoms with E-state index in [2.05, 4.69) is 11.2 Å². The van der Waals surface area contributed by atoms with E-state index in [0.29, 0.717) is 22.4 Å². The second-order valence-corrected chi connectivity index (χ2v) is 6.92. The van der Waals surface area contributed by atoms with Gasteiger partial charge in [-0.1, -0.05) is 6.07 Å². The summed E-state index contributed by atoms with van der Waals surface area (Å²) in [6.45, 7) is 3.53. The topological polar surface area (TPSA) is 97.1 Å². The third-order valence-corrected chi connectivity index (χ3v) is 4.82. The van der Waals surface area contributed by atoms with Crippen molar-refractivity contribution in [1.82, 2.24) is 9.78 Å². The molecule has 0 saturated carbocycles. The van der Waals surface area contributed by atoms with E-state index in [9.17, 15) is 14.8 Å². The molecule has 1 aliphatic rings. The number of halogens is 1. The summed E-state index contributed by atoms with van der Waals surface area (Å²) in [5, 5.41) is 24.7. The van der Waals surface area contributed by atoms with Crippen LogP contribution in [0.1, 0.15) is 31.0 Å². The number of rotatable bonds is 1. The molecule has 0 unspecified atom stereocenters. The molecule has 4 rings (SSSR count). The van der Waals surface area contributed by atoms with Crippen LogP contribution in [0, 0.1) is 17.1 Å². The Kier molecular flexibility index (Phi) is 3.43. The van der Waals surface area contributed by atoms with Crippen LogP contribution in [-0.2, 0) is 0 Å². The number of nitriles is 1. The summed E-state index contributed by atoms with van der Waals surface area (Å²) < 4.78 is 21.7. The molecule has 3 aromatic rings. The highest BCUT2D eigenvalue weighted by Crippen LogP contribution is 2.43. The van der Waals surface area contributed by atoms with Gasteiger partial charge in [0.15, 0.2) is 5.82 Å². The Morgan fingerprint density at radius 1 is 1.35 bits per heavy atom. The molecule has 0 fully saturated rings. The summed E-state index contributed by atoms with van der Waals surface area (Å²) >= 11 is 0. The molecule has 0 bridgehead atoms. The number of anilines is 1. The Bertz CT molecular complexity index is 1070. The van der Waals surface area contributed by atoms with Crippen LogP contribution < -0.4 is 10.5 Å². The number of hydrogen-bond donors (Lipinski definition) is 2. The molecule has 0 spiro atoms. The van der Waals surface area contributed by atoms with Gasteiger partial charge in [0.05, 0.1) is 22.5 Å². The van der Waals surface area contributed by atoms with Crippen molar-refractivity contribution in [2.75, 3.05) is 5.73 Å². The molecule has 0 amide bonds. The number of ether oxygens (including phenoxy) is 1. The van der Waals surface area contributed by atoms with Crippen LogP contribution in [0.3, 0.4) is 0 Å². The first-order valence-electron chi connectivity index (χ1n) is 8.17. The Hall–Kier alpha value is -3.11. The maximum absolute atomic E-state index is 14.2. The van der Waals surface area contributed by atoms with Crippen molar-refractivity contribution in [2.45, 2.75) is 31.6 Å². The van der Waals surface area contributed by atoms with Crippen molar-refractivity contribution < 1.29 is 14.2 Å². The molecule has 2 aromatic carbocycles. The monoisotopic (exact) mass is 352 g/mol. The molecule has 1 aromatic heterocycles. The first-order valence-corrected chi connectivity index (χ1v) is 8.17. The molecule has 7 heteroatoms. The minimum absolute atomic E-state index is 0.0487. The van der Waals surface area contributed by atoms with E-state index in [1.165, 1.54) is 10.7 Å². The number of hydrogen-bond acceptors (Lipinski definition) is 5. The van der Waals surface area contributed by atoms with E-state index < -0.39 is 23.6 Å². The molecule has 0 saturated heterocycles. The minimum atomic E-state index is -0.991. The molecule has 0 radical (unpaired) electrons. The van der Waals surface area contributed by atoms with Crippen LogP contribution in [0.2, 0.25) is 0 Å². The summed E-state index contributed by atoms with van der Waals surface area (Å²) in [5.41, 5.74) is 6.53. The quantitative estimate of drug-likeness (QED) is 0.702. The predicted molar refractivity (Wildman–Crippen MR) is 94.1 cm³/mol. The summed E-state index contributed by atoms with van der Waals surface area (Å²) in [5.74, 6) is 0.119. The van der Waals surface area contributed by atoms with Gasteiger partial charge in [0.2, 0.25) is 0 Å². The van der Waals surface area contributed by atoms with E-state index in [-0.39, 0.29) is 11.2 Å². The van der Waals surface area contributed by atoms with Crippen LogP contribution in [-0.4, -0.2) is 26.6 Å². The van der Waals surface area contributed by atoms with Crippen LogP contribution in [0.4, 0.5) is 10.2 Å². The molecule has 6 nitrogen and oxygen atoms in total.